The Balaban J connectivity index is 2.05. The summed E-state index contributed by atoms with van der Waals surface area (Å²) in [5.41, 5.74) is 2.74. The molecule has 0 spiro atoms. The second-order valence-corrected chi connectivity index (χ2v) is 12.0. The van der Waals surface area contributed by atoms with Gasteiger partial charge in [-0.2, -0.15) is 0 Å². The first-order valence-corrected chi connectivity index (χ1v) is 14.1. The zero-order chi connectivity index (χ0) is 29.8. The molecule has 218 valence electrons. The molecule has 0 heterocycles. The summed E-state index contributed by atoms with van der Waals surface area (Å²) in [4.78, 5) is 43.0. The van der Waals surface area contributed by atoms with E-state index in [1.54, 1.807) is 57.0 Å². The monoisotopic (exact) mass is 551 g/mol. The number of methoxy groups -OCH3 is 1. The molecule has 3 amide bonds. The fraction of sp³-hybridized carbons (Fsp3) is 0.531. The van der Waals surface area contributed by atoms with E-state index in [1.165, 1.54) is 0 Å². The molecular formula is C32H45N3O5. The van der Waals surface area contributed by atoms with Gasteiger partial charge in [-0.3, -0.25) is 9.59 Å². The van der Waals surface area contributed by atoms with Gasteiger partial charge in [-0.25, -0.2) is 4.79 Å². The van der Waals surface area contributed by atoms with E-state index in [1.807, 2.05) is 45.9 Å². The number of amides is 3. The molecule has 2 N–H and O–H groups in total. The molecule has 0 saturated heterocycles. The number of aryl methyl sites for hydroxylation is 2. The van der Waals surface area contributed by atoms with Crippen molar-refractivity contribution in [1.29, 1.82) is 0 Å². The lowest BCUT2D eigenvalue weighted by molar-refractivity contribution is -0.142. The maximum atomic E-state index is 14.4. The fourth-order valence-electron chi connectivity index (χ4n) is 4.71. The van der Waals surface area contributed by atoms with Crippen molar-refractivity contribution in [1.82, 2.24) is 10.2 Å². The Hall–Kier alpha value is -3.55. The summed E-state index contributed by atoms with van der Waals surface area (Å²) in [5, 5.41) is 5.84. The van der Waals surface area contributed by atoms with Gasteiger partial charge in [0.05, 0.1) is 7.11 Å². The number of anilines is 1. The van der Waals surface area contributed by atoms with Crippen molar-refractivity contribution in [3.8, 4) is 5.75 Å². The summed E-state index contributed by atoms with van der Waals surface area (Å²) >= 11 is 0. The molecule has 5 atom stereocenters. The first-order valence-electron chi connectivity index (χ1n) is 14.1. The molecule has 5 unspecified atom stereocenters. The molecule has 1 aliphatic carbocycles. The summed E-state index contributed by atoms with van der Waals surface area (Å²) in [6.45, 7) is 15.3. The van der Waals surface area contributed by atoms with Gasteiger partial charge in [-0.15, -0.1) is 0 Å². The molecular weight excluding hydrogens is 506 g/mol. The van der Waals surface area contributed by atoms with Crippen LogP contribution in [0, 0.1) is 25.7 Å². The van der Waals surface area contributed by atoms with Crippen LogP contribution in [-0.4, -0.2) is 47.6 Å². The van der Waals surface area contributed by atoms with Gasteiger partial charge in [0.1, 0.15) is 23.4 Å². The van der Waals surface area contributed by atoms with Crippen molar-refractivity contribution in [2.75, 3.05) is 12.4 Å². The predicted molar refractivity (Wildman–Crippen MR) is 157 cm³/mol. The molecule has 0 aliphatic heterocycles. The molecule has 0 aromatic heterocycles. The van der Waals surface area contributed by atoms with Gasteiger partial charge in [-0.05, 0) is 93.8 Å². The van der Waals surface area contributed by atoms with E-state index >= 15 is 0 Å². The number of rotatable bonds is 10. The normalized spacial score (nSPS) is 18.6. The molecule has 0 radical (unpaired) electrons. The second-order valence-electron chi connectivity index (χ2n) is 12.0. The Kier molecular flexibility index (Phi) is 9.87. The number of nitrogens with one attached hydrogen (secondary N) is 2. The Labute approximate surface area is 238 Å². The van der Waals surface area contributed by atoms with E-state index in [9.17, 15) is 14.4 Å². The zero-order valence-corrected chi connectivity index (χ0v) is 25.3. The van der Waals surface area contributed by atoms with E-state index in [2.05, 4.69) is 17.6 Å². The van der Waals surface area contributed by atoms with Gasteiger partial charge in [0.2, 0.25) is 5.91 Å². The standard InChI is InChI=1S/C32H45N3O5/c1-10-19(2)27(34-31(38)40-32(6,7)8)30(37)35(26-18-22(26)5)28(23-12-11-20(3)21(4)17-23)29(36)33-24-13-15-25(39-9)16-14-24/h11-17,19,22,26-28H,10,18H2,1-9H3,(H,33,36)(H,34,38). The van der Waals surface area contributed by atoms with Crippen LogP contribution in [0.3, 0.4) is 0 Å². The summed E-state index contributed by atoms with van der Waals surface area (Å²) in [6, 6.07) is 11.1. The average molecular weight is 552 g/mol. The van der Waals surface area contributed by atoms with E-state index in [0.717, 1.165) is 23.1 Å². The van der Waals surface area contributed by atoms with Crippen molar-refractivity contribution in [2.45, 2.75) is 92.0 Å². The molecule has 0 bridgehead atoms. The van der Waals surface area contributed by atoms with Crippen molar-refractivity contribution in [3.05, 3.63) is 59.2 Å². The maximum absolute atomic E-state index is 14.4. The summed E-state index contributed by atoms with van der Waals surface area (Å²) < 4.78 is 10.7. The number of hydrogen-bond acceptors (Lipinski definition) is 5. The third kappa shape index (κ3) is 7.77. The minimum Gasteiger partial charge on any atom is -0.497 e. The minimum absolute atomic E-state index is 0.132. The quantitative estimate of drug-likeness (QED) is 0.368. The maximum Gasteiger partial charge on any atom is 0.408 e. The lowest BCUT2D eigenvalue weighted by Gasteiger charge is -2.36. The van der Waals surface area contributed by atoms with E-state index in [-0.39, 0.29) is 29.7 Å². The highest BCUT2D eigenvalue weighted by atomic mass is 16.6. The first-order chi connectivity index (χ1) is 18.7. The minimum atomic E-state index is -0.893. The van der Waals surface area contributed by atoms with Crippen LogP contribution in [0.2, 0.25) is 0 Å². The Morgan fingerprint density at radius 3 is 2.17 bits per heavy atom. The van der Waals surface area contributed by atoms with Gasteiger partial charge >= 0.3 is 6.09 Å². The lowest BCUT2D eigenvalue weighted by Crippen LogP contribution is -2.55. The second kappa shape index (κ2) is 12.7. The van der Waals surface area contributed by atoms with Crippen LogP contribution in [0.5, 0.6) is 5.75 Å². The van der Waals surface area contributed by atoms with Gasteiger partial charge in [0, 0.05) is 11.7 Å². The third-order valence-electron chi connectivity index (χ3n) is 7.56. The molecule has 1 aliphatic rings. The van der Waals surface area contributed by atoms with Crippen molar-refractivity contribution >= 4 is 23.6 Å². The number of ether oxygens (including phenoxy) is 2. The smallest absolute Gasteiger partial charge is 0.408 e. The van der Waals surface area contributed by atoms with Crippen LogP contribution in [0.15, 0.2) is 42.5 Å². The number of alkyl carbamates (subject to hydrolysis) is 1. The van der Waals surface area contributed by atoms with Crippen LogP contribution >= 0.6 is 0 Å². The zero-order valence-electron chi connectivity index (χ0n) is 25.3. The molecule has 1 saturated carbocycles. The Morgan fingerprint density at radius 1 is 1.05 bits per heavy atom. The van der Waals surface area contributed by atoms with Crippen LogP contribution in [0.4, 0.5) is 10.5 Å². The Morgan fingerprint density at radius 2 is 1.68 bits per heavy atom. The number of nitrogens with zero attached hydrogens (tertiary/aromatic N) is 1. The van der Waals surface area contributed by atoms with E-state index in [0.29, 0.717) is 17.9 Å². The van der Waals surface area contributed by atoms with Crippen LogP contribution < -0.4 is 15.4 Å². The molecule has 3 rings (SSSR count). The summed E-state index contributed by atoms with van der Waals surface area (Å²) in [7, 11) is 1.59. The van der Waals surface area contributed by atoms with Gasteiger partial charge in [-0.1, -0.05) is 45.4 Å². The molecule has 40 heavy (non-hydrogen) atoms. The van der Waals surface area contributed by atoms with Crippen molar-refractivity contribution < 1.29 is 23.9 Å². The third-order valence-corrected chi connectivity index (χ3v) is 7.56. The highest BCUT2D eigenvalue weighted by Crippen LogP contribution is 2.41. The van der Waals surface area contributed by atoms with Gasteiger partial charge < -0.3 is 25.0 Å². The molecule has 8 heteroatoms. The first kappa shape index (κ1) is 31.0. The van der Waals surface area contributed by atoms with Crippen molar-refractivity contribution in [3.63, 3.8) is 0 Å². The van der Waals surface area contributed by atoms with E-state index < -0.39 is 23.8 Å². The molecule has 2 aromatic rings. The molecule has 8 nitrogen and oxygen atoms in total. The van der Waals surface area contributed by atoms with E-state index in [4.69, 9.17) is 9.47 Å². The highest BCUT2D eigenvalue weighted by molar-refractivity contribution is 5.99. The lowest BCUT2D eigenvalue weighted by atomic mass is 9.94. The number of hydrogen-bond donors (Lipinski definition) is 2. The average Bonchev–Trinajstić information content (AvgIpc) is 3.61. The van der Waals surface area contributed by atoms with Crippen molar-refractivity contribution in [2.24, 2.45) is 11.8 Å². The van der Waals surface area contributed by atoms with Gasteiger partial charge in [0.25, 0.3) is 5.91 Å². The Bertz CT molecular complexity index is 1200. The summed E-state index contributed by atoms with van der Waals surface area (Å²) in [6.07, 6.45) is 0.787. The topological polar surface area (TPSA) is 97.0 Å². The van der Waals surface area contributed by atoms with Gasteiger partial charge in [0.15, 0.2) is 0 Å². The van der Waals surface area contributed by atoms with Crippen LogP contribution in [-0.2, 0) is 14.3 Å². The number of benzene rings is 2. The largest absolute Gasteiger partial charge is 0.497 e. The predicted octanol–water partition coefficient (Wildman–Crippen LogP) is 6.17. The molecule has 1 fully saturated rings. The number of carbonyl (C=O) groups is 3. The molecule has 2 aromatic carbocycles. The SMILES string of the molecule is CCC(C)C(NC(=O)OC(C)(C)C)C(=O)N(C(C(=O)Nc1ccc(OC)cc1)c1ccc(C)c(C)c1)C1CC1C. The van der Waals surface area contributed by atoms with Crippen LogP contribution in [0.25, 0.3) is 0 Å². The fourth-order valence-corrected chi connectivity index (χ4v) is 4.71. The number of carbonyl (C=O) groups excluding carboxylic acids is 3. The van der Waals surface area contributed by atoms with Crippen LogP contribution in [0.1, 0.15) is 77.1 Å². The summed E-state index contributed by atoms with van der Waals surface area (Å²) in [5.74, 6) is 0.119. The highest BCUT2D eigenvalue weighted by Gasteiger charge is 2.49.